The Morgan fingerprint density at radius 1 is 1.47 bits per heavy atom. The molecule has 0 radical (unpaired) electrons. The van der Waals surface area contributed by atoms with Crippen molar-refractivity contribution >= 4 is 0 Å². The Morgan fingerprint density at radius 2 is 2.33 bits per heavy atom. The number of likely N-dealkylation sites (N-methyl/N-ethyl adjacent to an activating group) is 1. The van der Waals surface area contributed by atoms with Crippen LogP contribution in [0.15, 0.2) is 0 Å². The topological polar surface area (TPSA) is 47.7 Å². The monoisotopic (exact) mass is 214 g/mol. The molecule has 15 heavy (non-hydrogen) atoms. The standard InChI is InChI=1S/C11H22N2O2/c1-13(7-10-3-2-5-15-10)11(8-12)4-6-14-9-11/h10H,2-9,12H2,1H3. The minimum atomic E-state index is 0.0615. The zero-order valence-electron chi connectivity index (χ0n) is 9.58. The number of rotatable bonds is 4. The zero-order valence-corrected chi connectivity index (χ0v) is 9.58. The molecule has 0 aliphatic carbocycles. The first-order valence-corrected chi connectivity index (χ1v) is 5.87. The fourth-order valence-electron chi connectivity index (χ4n) is 2.50. The molecule has 2 saturated heterocycles. The maximum atomic E-state index is 5.88. The highest BCUT2D eigenvalue weighted by molar-refractivity contribution is 4.94. The van der Waals surface area contributed by atoms with E-state index in [9.17, 15) is 0 Å². The summed E-state index contributed by atoms with van der Waals surface area (Å²) in [4.78, 5) is 2.34. The third-order valence-corrected chi connectivity index (χ3v) is 3.77. The molecule has 0 aromatic heterocycles. The molecule has 2 aliphatic heterocycles. The average molecular weight is 214 g/mol. The van der Waals surface area contributed by atoms with E-state index in [1.54, 1.807) is 0 Å². The fraction of sp³-hybridized carbons (Fsp3) is 1.00. The molecule has 0 saturated carbocycles. The van der Waals surface area contributed by atoms with Gasteiger partial charge in [0.15, 0.2) is 0 Å². The van der Waals surface area contributed by atoms with Gasteiger partial charge in [-0.3, -0.25) is 4.90 Å². The molecular formula is C11H22N2O2. The lowest BCUT2D eigenvalue weighted by atomic mass is 9.96. The molecule has 2 atom stereocenters. The van der Waals surface area contributed by atoms with E-state index in [-0.39, 0.29) is 5.54 Å². The van der Waals surface area contributed by atoms with Gasteiger partial charge in [0.25, 0.3) is 0 Å². The molecule has 0 bridgehead atoms. The second-order valence-corrected chi connectivity index (χ2v) is 4.75. The molecule has 2 unspecified atom stereocenters. The molecular weight excluding hydrogens is 192 g/mol. The van der Waals surface area contributed by atoms with Crippen LogP contribution in [0.1, 0.15) is 19.3 Å². The second-order valence-electron chi connectivity index (χ2n) is 4.75. The molecule has 4 nitrogen and oxygen atoms in total. The summed E-state index contributed by atoms with van der Waals surface area (Å²) in [5.41, 5.74) is 5.94. The molecule has 2 aliphatic rings. The van der Waals surface area contributed by atoms with Crippen LogP contribution in [-0.4, -0.2) is 56.5 Å². The Labute approximate surface area is 91.7 Å². The SMILES string of the molecule is CN(CC1CCCO1)C1(CN)CCOC1. The van der Waals surface area contributed by atoms with E-state index < -0.39 is 0 Å². The van der Waals surface area contributed by atoms with Gasteiger partial charge in [0, 0.05) is 26.3 Å². The van der Waals surface area contributed by atoms with E-state index in [1.807, 2.05) is 0 Å². The van der Waals surface area contributed by atoms with Crippen molar-refractivity contribution in [2.75, 3.05) is 40.0 Å². The highest BCUT2D eigenvalue weighted by Crippen LogP contribution is 2.25. The third kappa shape index (κ3) is 2.33. The van der Waals surface area contributed by atoms with Crippen molar-refractivity contribution in [1.29, 1.82) is 0 Å². The van der Waals surface area contributed by atoms with Crippen LogP contribution in [0.25, 0.3) is 0 Å². The van der Waals surface area contributed by atoms with E-state index in [0.717, 1.165) is 32.8 Å². The molecule has 4 heteroatoms. The molecule has 0 spiro atoms. The van der Waals surface area contributed by atoms with Crippen molar-refractivity contribution in [1.82, 2.24) is 4.90 Å². The summed E-state index contributed by atoms with van der Waals surface area (Å²) in [6.07, 6.45) is 3.84. The van der Waals surface area contributed by atoms with Gasteiger partial charge in [-0.25, -0.2) is 0 Å². The normalized spacial score (nSPS) is 36.6. The van der Waals surface area contributed by atoms with Crippen LogP contribution in [0.5, 0.6) is 0 Å². The second kappa shape index (κ2) is 4.78. The van der Waals surface area contributed by atoms with Crippen molar-refractivity contribution in [3.05, 3.63) is 0 Å². The average Bonchev–Trinajstić information content (AvgIpc) is 2.87. The zero-order chi connectivity index (χ0) is 10.7. The molecule has 88 valence electrons. The smallest absolute Gasteiger partial charge is 0.0702 e. The van der Waals surface area contributed by atoms with E-state index in [0.29, 0.717) is 12.6 Å². The first-order chi connectivity index (χ1) is 7.27. The largest absolute Gasteiger partial charge is 0.379 e. The molecule has 2 fully saturated rings. The maximum Gasteiger partial charge on any atom is 0.0702 e. The van der Waals surface area contributed by atoms with Gasteiger partial charge in [0.1, 0.15) is 0 Å². The predicted octanol–water partition coefficient (Wildman–Crippen LogP) is 0.215. The lowest BCUT2D eigenvalue weighted by Crippen LogP contribution is -2.54. The van der Waals surface area contributed by atoms with Crippen LogP contribution >= 0.6 is 0 Å². The number of nitrogens with zero attached hydrogens (tertiary/aromatic N) is 1. The lowest BCUT2D eigenvalue weighted by molar-refractivity contribution is 0.0309. The highest BCUT2D eigenvalue weighted by atomic mass is 16.5. The summed E-state index contributed by atoms with van der Waals surface area (Å²) in [7, 11) is 2.14. The summed E-state index contributed by atoms with van der Waals surface area (Å²) < 4.78 is 11.1. The van der Waals surface area contributed by atoms with Gasteiger partial charge in [0.05, 0.1) is 18.2 Å². The van der Waals surface area contributed by atoms with Crippen LogP contribution in [0.2, 0.25) is 0 Å². The van der Waals surface area contributed by atoms with Gasteiger partial charge in [-0.2, -0.15) is 0 Å². The van der Waals surface area contributed by atoms with Gasteiger partial charge in [-0.15, -0.1) is 0 Å². The summed E-state index contributed by atoms with van der Waals surface area (Å²) in [5.74, 6) is 0. The van der Waals surface area contributed by atoms with Gasteiger partial charge in [-0.05, 0) is 26.3 Å². The maximum absolute atomic E-state index is 5.88. The molecule has 0 aromatic rings. The first kappa shape index (κ1) is 11.3. The van der Waals surface area contributed by atoms with Crippen LogP contribution in [0.4, 0.5) is 0 Å². The lowest BCUT2D eigenvalue weighted by Gasteiger charge is -2.37. The van der Waals surface area contributed by atoms with Crippen molar-refractivity contribution in [2.45, 2.75) is 30.9 Å². The first-order valence-electron chi connectivity index (χ1n) is 5.87. The Balaban J connectivity index is 1.89. The Bertz CT molecular complexity index is 199. The Kier molecular flexibility index (Phi) is 3.61. The Hall–Kier alpha value is -0.160. The molecule has 2 rings (SSSR count). The van der Waals surface area contributed by atoms with Crippen molar-refractivity contribution in [3.8, 4) is 0 Å². The highest BCUT2D eigenvalue weighted by Gasteiger charge is 2.38. The van der Waals surface area contributed by atoms with Crippen LogP contribution < -0.4 is 5.73 Å². The summed E-state index contributed by atoms with van der Waals surface area (Å²) >= 11 is 0. The summed E-state index contributed by atoms with van der Waals surface area (Å²) in [6.45, 7) is 4.20. The predicted molar refractivity (Wildman–Crippen MR) is 58.8 cm³/mol. The molecule has 0 aromatic carbocycles. The van der Waals surface area contributed by atoms with Crippen LogP contribution in [0.3, 0.4) is 0 Å². The van der Waals surface area contributed by atoms with E-state index in [1.165, 1.54) is 12.8 Å². The van der Waals surface area contributed by atoms with Gasteiger partial charge in [-0.1, -0.05) is 0 Å². The number of ether oxygens (including phenoxy) is 2. The van der Waals surface area contributed by atoms with Crippen molar-refractivity contribution < 1.29 is 9.47 Å². The van der Waals surface area contributed by atoms with E-state index in [2.05, 4.69) is 11.9 Å². The van der Waals surface area contributed by atoms with E-state index >= 15 is 0 Å². The molecule has 0 amide bonds. The van der Waals surface area contributed by atoms with Gasteiger partial charge in [0.2, 0.25) is 0 Å². The Morgan fingerprint density at radius 3 is 2.87 bits per heavy atom. The summed E-state index contributed by atoms with van der Waals surface area (Å²) in [5, 5.41) is 0. The summed E-state index contributed by atoms with van der Waals surface area (Å²) in [6, 6.07) is 0. The van der Waals surface area contributed by atoms with Crippen molar-refractivity contribution in [2.24, 2.45) is 5.73 Å². The number of hydrogen-bond donors (Lipinski definition) is 1. The fourth-order valence-corrected chi connectivity index (χ4v) is 2.50. The number of hydrogen-bond acceptors (Lipinski definition) is 4. The van der Waals surface area contributed by atoms with E-state index in [4.69, 9.17) is 15.2 Å². The third-order valence-electron chi connectivity index (χ3n) is 3.77. The number of nitrogens with two attached hydrogens (primary N) is 1. The quantitative estimate of drug-likeness (QED) is 0.727. The molecule has 2 N–H and O–H groups in total. The minimum absolute atomic E-state index is 0.0615. The molecule has 2 heterocycles. The van der Waals surface area contributed by atoms with Crippen LogP contribution in [0, 0.1) is 0 Å². The van der Waals surface area contributed by atoms with Crippen LogP contribution in [-0.2, 0) is 9.47 Å². The van der Waals surface area contributed by atoms with Gasteiger partial charge < -0.3 is 15.2 Å². The van der Waals surface area contributed by atoms with Crippen molar-refractivity contribution in [3.63, 3.8) is 0 Å². The van der Waals surface area contributed by atoms with Gasteiger partial charge >= 0.3 is 0 Å². The minimum Gasteiger partial charge on any atom is -0.379 e.